The van der Waals surface area contributed by atoms with Crippen LogP contribution in [-0.2, 0) is 0 Å². The van der Waals surface area contributed by atoms with E-state index in [2.05, 4.69) is 21.9 Å². The third-order valence-corrected chi connectivity index (χ3v) is 3.74. The molecule has 1 amide bonds. The molecule has 2 aromatic rings. The van der Waals surface area contributed by atoms with Gasteiger partial charge < -0.3 is 14.4 Å². The molecule has 0 aliphatic carbocycles. The largest absolute Gasteiger partial charge is 0.496 e. The van der Waals surface area contributed by atoms with E-state index in [1.54, 1.807) is 54.4 Å². The molecule has 0 aliphatic heterocycles. The molecule has 0 fully saturated rings. The molecule has 0 atom stereocenters. The molecule has 2 rings (SSSR count). The van der Waals surface area contributed by atoms with Crippen LogP contribution in [0.5, 0.6) is 11.5 Å². The summed E-state index contributed by atoms with van der Waals surface area (Å²) in [6.45, 7) is 0.213. The zero-order valence-electron chi connectivity index (χ0n) is 12.9. The monoisotopic (exact) mass is 373 g/mol. The van der Waals surface area contributed by atoms with Crippen molar-refractivity contribution in [3.05, 3.63) is 52.5 Å². The van der Waals surface area contributed by atoms with Crippen molar-refractivity contribution in [2.75, 3.05) is 25.7 Å². The highest BCUT2D eigenvalue weighted by molar-refractivity contribution is 9.10. The van der Waals surface area contributed by atoms with E-state index >= 15 is 0 Å². The Morgan fingerprint density at radius 3 is 2.57 bits per heavy atom. The average Bonchev–Trinajstić information content (AvgIpc) is 2.59. The van der Waals surface area contributed by atoms with E-state index in [1.807, 2.05) is 0 Å². The molecule has 118 valence electrons. The first-order chi connectivity index (χ1) is 11.1. The van der Waals surface area contributed by atoms with Crippen LogP contribution in [0.3, 0.4) is 0 Å². The van der Waals surface area contributed by atoms with Gasteiger partial charge in [-0.25, -0.2) is 0 Å². The van der Waals surface area contributed by atoms with Crippen molar-refractivity contribution in [2.45, 2.75) is 0 Å². The van der Waals surface area contributed by atoms with E-state index in [1.165, 1.54) is 7.11 Å². The predicted octanol–water partition coefficient (Wildman–Crippen LogP) is 3.75. The second kappa shape index (κ2) is 7.70. The minimum absolute atomic E-state index is 0.161. The molecule has 0 aromatic heterocycles. The summed E-state index contributed by atoms with van der Waals surface area (Å²) in [7, 11) is 3.25. The minimum atomic E-state index is -0.161. The lowest BCUT2D eigenvalue weighted by molar-refractivity contribution is 0.0990. The van der Waals surface area contributed by atoms with Gasteiger partial charge in [-0.3, -0.25) is 4.79 Å². The number of methoxy groups -OCH3 is 1. The van der Waals surface area contributed by atoms with Gasteiger partial charge in [-0.05, 0) is 42.5 Å². The summed E-state index contributed by atoms with van der Waals surface area (Å²) in [6, 6.07) is 12.4. The van der Waals surface area contributed by atoms with Gasteiger partial charge in [0.1, 0.15) is 18.1 Å². The van der Waals surface area contributed by atoms with Crippen LogP contribution in [0, 0.1) is 12.3 Å². The second-order valence-corrected chi connectivity index (χ2v) is 5.61. The zero-order chi connectivity index (χ0) is 16.8. The highest BCUT2D eigenvalue weighted by Gasteiger charge is 2.18. The number of halogens is 1. The number of nitrogens with zero attached hydrogens (tertiary/aromatic N) is 1. The molecule has 0 aliphatic rings. The van der Waals surface area contributed by atoms with Gasteiger partial charge in [-0.15, -0.1) is 6.42 Å². The van der Waals surface area contributed by atoms with Gasteiger partial charge in [0.15, 0.2) is 0 Å². The van der Waals surface area contributed by atoms with E-state index in [0.29, 0.717) is 17.1 Å². The van der Waals surface area contributed by atoms with Gasteiger partial charge in [0.05, 0.1) is 12.7 Å². The van der Waals surface area contributed by atoms with Crippen LogP contribution in [0.2, 0.25) is 0 Å². The fourth-order valence-electron chi connectivity index (χ4n) is 2.03. The Morgan fingerprint density at radius 2 is 1.96 bits per heavy atom. The molecule has 0 bridgehead atoms. The molecule has 23 heavy (non-hydrogen) atoms. The molecular weight excluding hydrogens is 358 g/mol. The fraction of sp³-hybridized carbons (Fsp3) is 0.167. The first kappa shape index (κ1) is 16.9. The number of hydrogen-bond donors (Lipinski definition) is 0. The molecule has 0 N–H and O–H groups in total. The van der Waals surface area contributed by atoms with Crippen LogP contribution in [0.4, 0.5) is 5.69 Å². The maximum Gasteiger partial charge on any atom is 0.261 e. The maximum atomic E-state index is 12.7. The van der Waals surface area contributed by atoms with Gasteiger partial charge in [-0.2, -0.15) is 0 Å². The first-order valence-corrected chi connectivity index (χ1v) is 7.64. The summed E-state index contributed by atoms with van der Waals surface area (Å²) in [4.78, 5) is 14.2. The number of carbonyl (C=O) groups excluding carboxylic acids is 1. The van der Waals surface area contributed by atoms with Crippen LogP contribution in [0.1, 0.15) is 10.4 Å². The van der Waals surface area contributed by atoms with E-state index in [-0.39, 0.29) is 12.5 Å². The minimum Gasteiger partial charge on any atom is -0.496 e. The summed E-state index contributed by atoms with van der Waals surface area (Å²) in [5, 5.41) is 0. The lowest BCUT2D eigenvalue weighted by Gasteiger charge is -2.19. The van der Waals surface area contributed by atoms with Crippen LogP contribution in [-0.4, -0.2) is 26.7 Å². The number of rotatable bonds is 5. The zero-order valence-corrected chi connectivity index (χ0v) is 14.5. The Hall–Kier alpha value is -2.45. The van der Waals surface area contributed by atoms with Gasteiger partial charge in [0, 0.05) is 17.2 Å². The van der Waals surface area contributed by atoms with Crippen LogP contribution in [0.15, 0.2) is 46.9 Å². The molecule has 0 unspecified atom stereocenters. The van der Waals surface area contributed by atoms with Crippen LogP contribution in [0.25, 0.3) is 0 Å². The van der Waals surface area contributed by atoms with E-state index in [0.717, 1.165) is 10.2 Å². The number of hydrogen-bond acceptors (Lipinski definition) is 3. The molecule has 0 heterocycles. The Bertz CT molecular complexity index is 735. The van der Waals surface area contributed by atoms with E-state index in [9.17, 15) is 4.79 Å². The summed E-state index contributed by atoms with van der Waals surface area (Å²) >= 11 is 3.36. The second-order valence-electron chi connectivity index (χ2n) is 4.70. The van der Waals surface area contributed by atoms with Gasteiger partial charge in [-0.1, -0.05) is 21.9 Å². The lowest BCUT2D eigenvalue weighted by Crippen LogP contribution is -2.26. The Labute approximate surface area is 144 Å². The molecule has 0 radical (unpaired) electrons. The third kappa shape index (κ3) is 4.05. The topological polar surface area (TPSA) is 38.8 Å². The van der Waals surface area contributed by atoms with Crippen molar-refractivity contribution in [1.29, 1.82) is 0 Å². The number of amides is 1. The van der Waals surface area contributed by atoms with Gasteiger partial charge in [0.2, 0.25) is 0 Å². The van der Waals surface area contributed by atoms with Crippen LogP contribution < -0.4 is 14.4 Å². The number of terminal acetylenes is 1. The van der Waals surface area contributed by atoms with Crippen molar-refractivity contribution in [3.8, 4) is 23.8 Å². The highest BCUT2D eigenvalue weighted by Crippen LogP contribution is 2.26. The molecule has 0 saturated heterocycles. The van der Waals surface area contributed by atoms with Crippen molar-refractivity contribution < 1.29 is 14.3 Å². The lowest BCUT2D eigenvalue weighted by atomic mass is 10.1. The number of carbonyl (C=O) groups is 1. The Kier molecular flexibility index (Phi) is 5.67. The summed E-state index contributed by atoms with van der Waals surface area (Å²) < 4.78 is 11.5. The van der Waals surface area contributed by atoms with Gasteiger partial charge in [0.25, 0.3) is 5.91 Å². The predicted molar refractivity (Wildman–Crippen MR) is 94.2 cm³/mol. The highest BCUT2D eigenvalue weighted by atomic mass is 79.9. The van der Waals surface area contributed by atoms with Crippen LogP contribution >= 0.6 is 15.9 Å². The molecule has 4 nitrogen and oxygen atoms in total. The Morgan fingerprint density at radius 1 is 1.26 bits per heavy atom. The standard InChI is InChI=1S/C18H16BrNO3/c1-4-11-23-15-8-6-14(7-9-15)20(2)18(21)16-10-5-13(19)12-17(16)22-3/h1,5-10,12H,11H2,2-3H3. The normalized spacial score (nSPS) is 9.83. The fourth-order valence-corrected chi connectivity index (χ4v) is 2.37. The summed E-state index contributed by atoms with van der Waals surface area (Å²) in [6.07, 6.45) is 5.15. The first-order valence-electron chi connectivity index (χ1n) is 6.84. The number of ether oxygens (including phenoxy) is 2. The quantitative estimate of drug-likeness (QED) is 0.749. The summed E-state index contributed by atoms with van der Waals surface area (Å²) in [5.41, 5.74) is 1.24. The Balaban J connectivity index is 2.21. The van der Waals surface area contributed by atoms with Gasteiger partial charge >= 0.3 is 0 Å². The number of benzene rings is 2. The van der Waals surface area contributed by atoms with Crippen molar-refractivity contribution in [3.63, 3.8) is 0 Å². The molecular formula is C18H16BrNO3. The molecule has 0 spiro atoms. The SMILES string of the molecule is C#CCOc1ccc(N(C)C(=O)c2ccc(Br)cc2OC)cc1. The smallest absolute Gasteiger partial charge is 0.261 e. The van der Waals surface area contributed by atoms with E-state index < -0.39 is 0 Å². The van der Waals surface area contributed by atoms with Crippen molar-refractivity contribution >= 4 is 27.5 Å². The molecule has 5 heteroatoms. The average molecular weight is 374 g/mol. The van der Waals surface area contributed by atoms with E-state index in [4.69, 9.17) is 15.9 Å². The molecule has 2 aromatic carbocycles. The molecule has 0 saturated carbocycles. The van der Waals surface area contributed by atoms with Crippen molar-refractivity contribution in [1.82, 2.24) is 0 Å². The third-order valence-electron chi connectivity index (χ3n) is 3.24. The maximum absolute atomic E-state index is 12.7. The summed E-state index contributed by atoms with van der Waals surface area (Å²) in [5.74, 6) is 3.43. The van der Waals surface area contributed by atoms with Crippen molar-refractivity contribution in [2.24, 2.45) is 0 Å². The number of anilines is 1.